The monoisotopic (exact) mass is 561 g/mol. The van der Waals surface area contributed by atoms with E-state index in [2.05, 4.69) is 11.9 Å². The van der Waals surface area contributed by atoms with Gasteiger partial charge in [0.15, 0.2) is 0 Å². The molecule has 0 heterocycles. The lowest BCUT2D eigenvalue weighted by molar-refractivity contribution is 0.102. The zero-order valence-electron chi connectivity index (χ0n) is 20.5. The SMILES string of the molecule is C=CCN(c1ccccc1)S(=O)(=O)c1ccc(Cl)c(C(=O)Nc2ccc(S(=O)(=O)N(CC)CC)cc2)c1. The van der Waals surface area contributed by atoms with Crippen LogP contribution in [-0.2, 0) is 20.0 Å². The predicted molar refractivity (Wildman–Crippen MR) is 147 cm³/mol. The molecule has 0 radical (unpaired) electrons. The third kappa shape index (κ3) is 6.22. The lowest BCUT2D eigenvalue weighted by Crippen LogP contribution is -2.31. The molecule has 3 aromatic rings. The molecule has 11 heteroatoms. The molecular formula is C26H28ClN3O5S2. The number of anilines is 2. The lowest BCUT2D eigenvalue weighted by atomic mass is 10.2. The first kappa shape index (κ1) is 28.4. The molecule has 1 amide bonds. The summed E-state index contributed by atoms with van der Waals surface area (Å²) >= 11 is 6.25. The van der Waals surface area contributed by atoms with Crippen molar-refractivity contribution in [3.05, 3.63) is 96.0 Å². The molecule has 0 fully saturated rings. The fraction of sp³-hybridized carbons (Fsp3) is 0.192. The van der Waals surface area contributed by atoms with E-state index < -0.39 is 26.0 Å². The van der Waals surface area contributed by atoms with Gasteiger partial charge in [0.25, 0.3) is 15.9 Å². The quantitative estimate of drug-likeness (QED) is 0.332. The van der Waals surface area contributed by atoms with Crippen LogP contribution in [0.1, 0.15) is 24.2 Å². The molecule has 0 atom stereocenters. The smallest absolute Gasteiger partial charge is 0.264 e. The topological polar surface area (TPSA) is 104 Å². The van der Waals surface area contributed by atoms with Gasteiger partial charge in [-0.25, -0.2) is 16.8 Å². The maximum atomic E-state index is 13.4. The molecule has 0 unspecified atom stereocenters. The highest BCUT2D eigenvalue weighted by Gasteiger charge is 2.26. The number of para-hydroxylation sites is 1. The number of hydrogen-bond acceptors (Lipinski definition) is 5. The van der Waals surface area contributed by atoms with Crippen molar-refractivity contribution in [2.45, 2.75) is 23.6 Å². The summed E-state index contributed by atoms with van der Waals surface area (Å²) in [4.78, 5) is 13.0. The van der Waals surface area contributed by atoms with Crippen molar-refractivity contribution in [3.8, 4) is 0 Å². The normalized spacial score (nSPS) is 11.8. The van der Waals surface area contributed by atoms with Gasteiger partial charge in [0, 0.05) is 18.8 Å². The zero-order valence-corrected chi connectivity index (χ0v) is 22.9. The van der Waals surface area contributed by atoms with Crippen LogP contribution in [0.2, 0.25) is 5.02 Å². The highest BCUT2D eigenvalue weighted by Crippen LogP contribution is 2.27. The summed E-state index contributed by atoms with van der Waals surface area (Å²) < 4.78 is 54.8. The Morgan fingerprint density at radius 1 is 0.892 bits per heavy atom. The van der Waals surface area contributed by atoms with E-state index in [0.29, 0.717) is 24.5 Å². The molecule has 8 nitrogen and oxygen atoms in total. The summed E-state index contributed by atoms with van der Waals surface area (Å²) in [6.45, 7) is 7.86. The Bertz CT molecular complexity index is 1470. The third-order valence-corrected chi connectivity index (χ3v) is 9.75. The predicted octanol–water partition coefficient (Wildman–Crippen LogP) is 5.00. The van der Waals surface area contributed by atoms with Gasteiger partial charge in [-0.15, -0.1) is 6.58 Å². The van der Waals surface area contributed by atoms with E-state index >= 15 is 0 Å². The number of nitrogens with zero attached hydrogens (tertiary/aromatic N) is 2. The molecule has 0 aliphatic carbocycles. The van der Waals surface area contributed by atoms with Crippen LogP contribution >= 0.6 is 11.6 Å². The second-order valence-electron chi connectivity index (χ2n) is 7.87. The van der Waals surface area contributed by atoms with Gasteiger partial charge in [-0.1, -0.05) is 49.7 Å². The number of carbonyl (C=O) groups excluding carboxylic acids is 1. The standard InChI is InChI=1S/C26H28ClN3O5S2/c1-4-18-30(21-10-8-7-9-11-21)37(34,35)23-16-17-25(27)24(19-23)26(31)28-20-12-14-22(15-13-20)36(32,33)29(5-2)6-3/h4,7-17,19H,1,5-6,18H2,2-3H3,(H,28,31). The number of nitrogens with one attached hydrogen (secondary N) is 1. The molecule has 3 aromatic carbocycles. The van der Waals surface area contributed by atoms with E-state index in [1.165, 1.54) is 57.2 Å². The average Bonchev–Trinajstić information content (AvgIpc) is 2.88. The largest absolute Gasteiger partial charge is 0.322 e. The number of hydrogen-bond donors (Lipinski definition) is 1. The summed E-state index contributed by atoms with van der Waals surface area (Å²) in [5.41, 5.74) is 0.725. The van der Waals surface area contributed by atoms with E-state index in [4.69, 9.17) is 11.6 Å². The van der Waals surface area contributed by atoms with E-state index in [0.717, 1.165) is 0 Å². The van der Waals surface area contributed by atoms with Crippen molar-refractivity contribution in [3.63, 3.8) is 0 Å². The molecule has 0 aliphatic heterocycles. The first-order valence-electron chi connectivity index (χ1n) is 11.5. The van der Waals surface area contributed by atoms with Gasteiger partial charge in [-0.05, 0) is 54.6 Å². The van der Waals surface area contributed by atoms with E-state index in [1.54, 1.807) is 44.2 Å². The van der Waals surface area contributed by atoms with Crippen LogP contribution in [0.3, 0.4) is 0 Å². The second kappa shape index (κ2) is 11.9. The van der Waals surface area contributed by atoms with E-state index in [1.807, 2.05) is 0 Å². The van der Waals surface area contributed by atoms with E-state index in [-0.39, 0.29) is 26.9 Å². The lowest BCUT2D eigenvalue weighted by Gasteiger charge is -2.23. The number of halogens is 1. The summed E-state index contributed by atoms with van der Waals surface area (Å²) in [6.07, 6.45) is 1.47. The molecule has 196 valence electrons. The van der Waals surface area contributed by atoms with Crippen molar-refractivity contribution >= 4 is 48.9 Å². The maximum absolute atomic E-state index is 13.4. The van der Waals surface area contributed by atoms with Crippen molar-refractivity contribution < 1.29 is 21.6 Å². The average molecular weight is 562 g/mol. The highest BCUT2D eigenvalue weighted by atomic mass is 35.5. The first-order chi connectivity index (χ1) is 17.6. The molecule has 0 aliphatic rings. The van der Waals surface area contributed by atoms with Crippen LogP contribution in [0.4, 0.5) is 11.4 Å². The van der Waals surface area contributed by atoms with Crippen molar-refractivity contribution in [1.29, 1.82) is 0 Å². The summed E-state index contributed by atoms with van der Waals surface area (Å²) in [6, 6.07) is 18.2. The molecule has 0 spiro atoms. The number of sulfonamides is 2. The number of amides is 1. The van der Waals surface area contributed by atoms with Crippen LogP contribution in [-0.4, -0.2) is 46.7 Å². The van der Waals surface area contributed by atoms with Crippen LogP contribution in [0.5, 0.6) is 0 Å². The van der Waals surface area contributed by atoms with Gasteiger partial charge in [0.1, 0.15) is 0 Å². The van der Waals surface area contributed by atoms with Gasteiger partial charge < -0.3 is 5.32 Å². The molecule has 0 saturated heterocycles. The van der Waals surface area contributed by atoms with Crippen LogP contribution in [0.15, 0.2) is 95.2 Å². The van der Waals surface area contributed by atoms with Gasteiger partial charge in [0.05, 0.1) is 32.6 Å². The Balaban J connectivity index is 1.89. The van der Waals surface area contributed by atoms with Crippen molar-refractivity contribution in [2.75, 3.05) is 29.3 Å². The van der Waals surface area contributed by atoms with Crippen LogP contribution in [0, 0.1) is 0 Å². The van der Waals surface area contributed by atoms with Gasteiger partial charge in [-0.3, -0.25) is 9.10 Å². The Kier molecular flexibility index (Phi) is 9.14. The molecule has 1 N–H and O–H groups in total. The van der Waals surface area contributed by atoms with Gasteiger partial charge >= 0.3 is 0 Å². The Hall–Kier alpha value is -3.18. The molecule has 37 heavy (non-hydrogen) atoms. The minimum atomic E-state index is -4.05. The number of benzene rings is 3. The Labute approximate surface area is 223 Å². The molecule has 0 bridgehead atoms. The zero-order chi connectivity index (χ0) is 27.2. The van der Waals surface area contributed by atoms with Crippen molar-refractivity contribution in [1.82, 2.24) is 4.31 Å². The highest BCUT2D eigenvalue weighted by molar-refractivity contribution is 7.92. The summed E-state index contributed by atoms with van der Waals surface area (Å²) in [7, 11) is -7.69. The van der Waals surface area contributed by atoms with Gasteiger partial charge in [-0.2, -0.15) is 4.31 Å². The number of rotatable bonds is 11. The van der Waals surface area contributed by atoms with Crippen LogP contribution < -0.4 is 9.62 Å². The molecule has 0 aromatic heterocycles. The minimum Gasteiger partial charge on any atom is -0.322 e. The Morgan fingerprint density at radius 2 is 1.49 bits per heavy atom. The Morgan fingerprint density at radius 3 is 2.05 bits per heavy atom. The minimum absolute atomic E-state index is 0.0270. The molecular weight excluding hydrogens is 534 g/mol. The molecule has 0 saturated carbocycles. The van der Waals surface area contributed by atoms with Crippen molar-refractivity contribution in [2.24, 2.45) is 0 Å². The van der Waals surface area contributed by atoms with E-state index in [9.17, 15) is 21.6 Å². The second-order valence-corrected chi connectivity index (χ2v) is 12.1. The third-order valence-electron chi connectivity index (χ3n) is 5.56. The summed E-state index contributed by atoms with van der Waals surface area (Å²) in [5, 5.41) is 2.71. The fourth-order valence-corrected chi connectivity index (χ4v) is 6.76. The molecule has 3 rings (SSSR count). The number of carbonyl (C=O) groups is 1. The fourth-order valence-electron chi connectivity index (χ4n) is 3.64. The van der Waals surface area contributed by atoms with Crippen LogP contribution in [0.25, 0.3) is 0 Å². The maximum Gasteiger partial charge on any atom is 0.264 e. The first-order valence-corrected chi connectivity index (χ1v) is 14.7. The summed E-state index contributed by atoms with van der Waals surface area (Å²) in [5.74, 6) is -0.642. The van der Waals surface area contributed by atoms with Gasteiger partial charge in [0.2, 0.25) is 10.0 Å².